The van der Waals surface area contributed by atoms with E-state index in [1.54, 1.807) is 12.1 Å². The van der Waals surface area contributed by atoms with Crippen LogP contribution in [-0.4, -0.2) is 17.1 Å². The van der Waals surface area contributed by atoms with E-state index in [0.29, 0.717) is 5.56 Å². The van der Waals surface area contributed by atoms with Crippen LogP contribution < -0.4 is 0 Å². The number of rotatable bonds is 5. The molecule has 0 bridgehead atoms. The molecule has 1 saturated carbocycles. The third-order valence-electron chi connectivity index (χ3n) is 3.75. The Morgan fingerprint density at radius 3 is 2.74 bits per heavy atom. The average molecular weight is 310 g/mol. The van der Waals surface area contributed by atoms with E-state index < -0.39 is 4.92 Å². The van der Waals surface area contributed by atoms with Crippen LogP contribution in [-0.2, 0) is 9.63 Å². The van der Waals surface area contributed by atoms with Crippen LogP contribution in [0.4, 0.5) is 5.69 Å². The summed E-state index contributed by atoms with van der Waals surface area (Å²) in [5.41, 5.74) is 1.59. The Bertz CT molecular complexity index is 758. The van der Waals surface area contributed by atoms with Gasteiger partial charge in [-0.3, -0.25) is 10.1 Å². The number of non-ortho nitro benzene ring substituents is 1. The standard InChI is InChI=1S/C17H14N2O4/c20-17(16-10-15(16)13-6-2-1-3-7-13)23-18-11-12-5-4-8-14(9-12)19(21)22/h1-9,11,15-16H,10H2/b18-11+/t15-,16+/m0/s1. The van der Waals surface area contributed by atoms with Crippen molar-refractivity contribution in [3.63, 3.8) is 0 Å². The van der Waals surface area contributed by atoms with E-state index in [0.717, 1.165) is 12.0 Å². The summed E-state index contributed by atoms with van der Waals surface area (Å²) in [6.45, 7) is 0. The van der Waals surface area contributed by atoms with Gasteiger partial charge in [0.2, 0.25) is 0 Å². The zero-order chi connectivity index (χ0) is 16.2. The lowest BCUT2D eigenvalue weighted by atomic mass is 10.1. The molecule has 1 aliphatic carbocycles. The van der Waals surface area contributed by atoms with E-state index in [-0.39, 0.29) is 23.5 Å². The van der Waals surface area contributed by atoms with Crippen molar-refractivity contribution < 1.29 is 14.6 Å². The van der Waals surface area contributed by atoms with Gasteiger partial charge in [0, 0.05) is 17.7 Å². The van der Waals surface area contributed by atoms with Crippen molar-refractivity contribution >= 4 is 17.9 Å². The largest absolute Gasteiger partial charge is 0.338 e. The van der Waals surface area contributed by atoms with Crippen LogP contribution in [0.2, 0.25) is 0 Å². The van der Waals surface area contributed by atoms with Gasteiger partial charge in [0.15, 0.2) is 0 Å². The molecule has 1 aliphatic rings. The Labute approximate surface area is 132 Å². The Morgan fingerprint density at radius 2 is 2.00 bits per heavy atom. The number of nitrogens with zero attached hydrogens (tertiary/aromatic N) is 2. The highest BCUT2D eigenvalue weighted by molar-refractivity contribution is 5.82. The Morgan fingerprint density at radius 1 is 1.22 bits per heavy atom. The van der Waals surface area contributed by atoms with Gasteiger partial charge < -0.3 is 4.84 Å². The molecule has 0 spiro atoms. The molecule has 2 atom stereocenters. The van der Waals surface area contributed by atoms with E-state index in [2.05, 4.69) is 5.16 Å². The molecule has 1 fully saturated rings. The second-order valence-corrected chi connectivity index (χ2v) is 5.36. The summed E-state index contributed by atoms with van der Waals surface area (Å²) in [4.78, 5) is 27.0. The number of nitro benzene ring substituents is 1. The SMILES string of the molecule is O=C(O/N=C/c1cccc([N+](=O)[O-])c1)[C@@H]1C[C@H]1c1ccccc1. The quantitative estimate of drug-likeness (QED) is 0.367. The number of nitro groups is 1. The minimum atomic E-state index is -0.488. The van der Waals surface area contributed by atoms with Crippen LogP contribution >= 0.6 is 0 Å². The highest BCUT2D eigenvalue weighted by Crippen LogP contribution is 2.48. The number of oxime groups is 1. The maximum atomic E-state index is 11.9. The molecule has 2 aromatic carbocycles. The van der Waals surface area contributed by atoms with Gasteiger partial charge in [-0.15, -0.1) is 0 Å². The second-order valence-electron chi connectivity index (χ2n) is 5.36. The van der Waals surface area contributed by atoms with E-state index >= 15 is 0 Å². The Hall–Kier alpha value is -3.02. The molecule has 0 N–H and O–H groups in total. The lowest BCUT2D eigenvalue weighted by Crippen LogP contribution is -2.04. The fraction of sp³-hybridized carbons (Fsp3) is 0.176. The summed E-state index contributed by atoms with van der Waals surface area (Å²) in [7, 11) is 0. The van der Waals surface area contributed by atoms with Gasteiger partial charge >= 0.3 is 5.97 Å². The summed E-state index contributed by atoms with van der Waals surface area (Å²) >= 11 is 0. The fourth-order valence-electron chi connectivity index (χ4n) is 2.45. The summed E-state index contributed by atoms with van der Waals surface area (Å²) in [5, 5.41) is 14.3. The summed E-state index contributed by atoms with van der Waals surface area (Å²) in [6, 6.07) is 15.7. The van der Waals surface area contributed by atoms with Crippen molar-refractivity contribution in [3.8, 4) is 0 Å². The molecule has 6 nitrogen and oxygen atoms in total. The van der Waals surface area contributed by atoms with Crippen LogP contribution in [0.25, 0.3) is 0 Å². The van der Waals surface area contributed by atoms with Gasteiger partial charge in [0.1, 0.15) is 0 Å². The molecule has 116 valence electrons. The van der Waals surface area contributed by atoms with Gasteiger partial charge in [-0.2, -0.15) is 0 Å². The maximum absolute atomic E-state index is 11.9. The number of benzene rings is 2. The lowest BCUT2D eigenvalue weighted by molar-refractivity contribution is -0.384. The number of hydrogen-bond acceptors (Lipinski definition) is 5. The molecule has 0 saturated heterocycles. The van der Waals surface area contributed by atoms with Crippen LogP contribution in [0.1, 0.15) is 23.5 Å². The normalized spacial score (nSPS) is 19.5. The second kappa shape index (κ2) is 6.39. The van der Waals surface area contributed by atoms with Crippen molar-refractivity contribution in [1.82, 2.24) is 0 Å². The van der Waals surface area contributed by atoms with Crippen LogP contribution in [0, 0.1) is 16.0 Å². The molecule has 6 heteroatoms. The average Bonchev–Trinajstić information content (AvgIpc) is 3.36. The minimum Gasteiger partial charge on any atom is -0.318 e. The van der Waals surface area contributed by atoms with Crippen molar-refractivity contribution in [2.24, 2.45) is 11.1 Å². The van der Waals surface area contributed by atoms with E-state index in [9.17, 15) is 14.9 Å². The predicted octanol–water partition coefficient (Wildman–Crippen LogP) is 3.28. The van der Waals surface area contributed by atoms with Crippen molar-refractivity contribution in [2.75, 3.05) is 0 Å². The Kier molecular flexibility index (Phi) is 4.14. The number of carbonyl (C=O) groups excluding carboxylic acids is 1. The molecular weight excluding hydrogens is 296 g/mol. The molecule has 23 heavy (non-hydrogen) atoms. The number of carbonyl (C=O) groups is 1. The van der Waals surface area contributed by atoms with Gasteiger partial charge in [0.05, 0.1) is 17.1 Å². The molecule has 0 radical (unpaired) electrons. The first-order valence-corrected chi connectivity index (χ1v) is 7.19. The van der Waals surface area contributed by atoms with Gasteiger partial charge in [-0.05, 0) is 17.9 Å². The number of hydrogen-bond donors (Lipinski definition) is 0. The van der Waals surface area contributed by atoms with Crippen molar-refractivity contribution in [1.29, 1.82) is 0 Å². The molecule has 2 aromatic rings. The first-order chi connectivity index (χ1) is 11.1. The molecular formula is C17H14N2O4. The van der Waals surface area contributed by atoms with Crippen molar-refractivity contribution in [3.05, 3.63) is 75.8 Å². The molecule has 0 aliphatic heterocycles. The third-order valence-corrected chi connectivity index (χ3v) is 3.75. The molecule has 0 unspecified atom stereocenters. The highest BCUT2D eigenvalue weighted by Gasteiger charge is 2.45. The monoisotopic (exact) mass is 310 g/mol. The highest BCUT2D eigenvalue weighted by atomic mass is 16.7. The summed E-state index contributed by atoms with van der Waals surface area (Å²) in [5.74, 6) is -0.350. The zero-order valence-corrected chi connectivity index (χ0v) is 12.2. The molecule has 0 aromatic heterocycles. The van der Waals surface area contributed by atoms with Gasteiger partial charge in [-0.1, -0.05) is 47.6 Å². The van der Waals surface area contributed by atoms with Gasteiger partial charge in [-0.25, -0.2) is 4.79 Å². The van der Waals surface area contributed by atoms with E-state index in [4.69, 9.17) is 4.84 Å². The van der Waals surface area contributed by atoms with E-state index in [1.807, 2.05) is 30.3 Å². The van der Waals surface area contributed by atoms with Crippen LogP contribution in [0.15, 0.2) is 59.8 Å². The molecule has 3 rings (SSSR count). The van der Waals surface area contributed by atoms with Crippen LogP contribution in [0.3, 0.4) is 0 Å². The zero-order valence-electron chi connectivity index (χ0n) is 12.2. The summed E-state index contributed by atoms with van der Waals surface area (Å²) < 4.78 is 0. The molecule has 0 amide bonds. The minimum absolute atomic E-state index is 0.0355. The first kappa shape index (κ1) is 14.9. The van der Waals surface area contributed by atoms with Gasteiger partial charge in [0.25, 0.3) is 5.69 Å². The van der Waals surface area contributed by atoms with Crippen molar-refractivity contribution in [2.45, 2.75) is 12.3 Å². The van der Waals surface area contributed by atoms with Crippen LogP contribution in [0.5, 0.6) is 0 Å². The fourth-order valence-corrected chi connectivity index (χ4v) is 2.45. The third kappa shape index (κ3) is 3.60. The Balaban J connectivity index is 1.56. The summed E-state index contributed by atoms with van der Waals surface area (Å²) in [6.07, 6.45) is 2.06. The topological polar surface area (TPSA) is 81.8 Å². The van der Waals surface area contributed by atoms with E-state index in [1.165, 1.54) is 18.3 Å². The molecule has 0 heterocycles. The maximum Gasteiger partial charge on any atom is 0.338 e. The predicted molar refractivity (Wildman–Crippen MR) is 84.1 cm³/mol. The lowest BCUT2D eigenvalue weighted by Gasteiger charge is -1.98. The first-order valence-electron chi connectivity index (χ1n) is 7.19. The smallest absolute Gasteiger partial charge is 0.318 e.